The summed E-state index contributed by atoms with van der Waals surface area (Å²) in [6.07, 6.45) is 0.590. The van der Waals surface area contributed by atoms with Crippen LogP contribution in [0.4, 0.5) is 0 Å². The van der Waals surface area contributed by atoms with Gasteiger partial charge in [0.25, 0.3) is 0 Å². The lowest BCUT2D eigenvalue weighted by Crippen LogP contribution is -2.40. The number of hydrogen-bond acceptors (Lipinski definition) is 3. The van der Waals surface area contributed by atoms with Crippen molar-refractivity contribution in [1.82, 2.24) is 5.06 Å². The van der Waals surface area contributed by atoms with Crippen molar-refractivity contribution >= 4 is 5.97 Å². The van der Waals surface area contributed by atoms with Gasteiger partial charge in [-0.15, -0.1) is 10.3 Å². The van der Waals surface area contributed by atoms with Crippen molar-refractivity contribution in [3.05, 3.63) is 0 Å². The molecule has 1 radical (unpaired) electrons. The fourth-order valence-electron chi connectivity index (χ4n) is 1.45. The first-order chi connectivity index (χ1) is 6.43. The molecule has 0 saturated carbocycles. The summed E-state index contributed by atoms with van der Waals surface area (Å²) in [4.78, 5) is 10.2. The molecule has 1 N–H and O–H groups in total. The first-order valence-electron chi connectivity index (χ1n) is 4.73. The van der Waals surface area contributed by atoms with Gasteiger partial charge in [0.15, 0.2) is 0 Å². The summed E-state index contributed by atoms with van der Waals surface area (Å²) in [5.74, 6) is -0.834. The Morgan fingerprint density at radius 3 is 2.71 bits per heavy atom. The van der Waals surface area contributed by atoms with Crippen molar-refractivity contribution in [2.45, 2.75) is 44.9 Å². The molecule has 0 spiro atoms. The third-order valence-electron chi connectivity index (χ3n) is 2.33. The molecule has 1 rings (SSSR count). The van der Waals surface area contributed by atoms with Crippen LogP contribution in [0.2, 0.25) is 0 Å². The SMILES string of the molecule is CC1(C)COC(CCCC(=O)O)N1[O]. The number of aliphatic carboxylic acids is 1. The van der Waals surface area contributed by atoms with Gasteiger partial charge in [-0.25, -0.2) is 0 Å². The molecule has 0 aliphatic carbocycles. The van der Waals surface area contributed by atoms with E-state index in [2.05, 4.69) is 0 Å². The molecule has 0 amide bonds. The highest BCUT2D eigenvalue weighted by Gasteiger charge is 2.40. The molecule has 1 fully saturated rings. The Hall–Kier alpha value is -0.650. The van der Waals surface area contributed by atoms with E-state index in [1.165, 1.54) is 0 Å². The van der Waals surface area contributed by atoms with Gasteiger partial charge in [0.1, 0.15) is 6.23 Å². The molecule has 0 aromatic rings. The van der Waals surface area contributed by atoms with Crippen LogP contribution in [0.5, 0.6) is 0 Å². The van der Waals surface area contributed by atoms with Gasteiger partial charge >= 0.3 is 5.97 Å². The molecule has 5 nitrogen and oxygen atoms in total. The molecule has 0 bridgehead atoms. The van der Waals surface area contributed by atoms with Gasteiger partial charge in [-0.05, 0) is 26.7 Å². The summed E-state index contributed by atoms with van der Waals surface area (Å²) in [6.45, 7) is 4.04. The van der Waals surface area contributed by atoms with E-state index >= 15 is 0 Å². The van der Waals surface area contributed by atoms with E-state index in [0.29, 0.717) is 19.4 Å². The molecule has 0 aromatic heterocycles. The topological polar surface area (TPSA) is 69.7 Å². The summed E-state index contributed by atoms with van der Waals surface area (Å²) >= 11 is 0. The standard InChI is InChI=1S/C9H16NO4/c1-9(2)6-14-7(10(9)13)4-3-5-8(11)12/h7H,3-6H2,1-2H3,(H,11,12). The predicted octanol–water partition coefficient (Wildman–Crippen LogP) is 1.02. The number of carboxylic acid groups (broad SMARTS) is 1. The van der Waals surface area contributed by atoms with Crippen LogP contribution < -0.4 is 0 Å². The lowest BCUT2D eigenvalue weighted by Gasteiger charge is -2.23. The second kappa shape index (κ2) is 4.25. The van der Waals surface area contributed by atoms with Crippen molar-refractivity contribution in [2.24, 2.45) is 0 Å². The van der Waals surface area contributed by atoms with Gasteiger partial charge in [-0.1, -0.05) is 0 Å². The first kappa shape index (κ1) is 11.4. The van der Waals surface area contributed by atoms with E-state index < -0.39 is 17.7 Å². The molecule has 1 heterocycles. The van der Waals surface area contributed by atoms with Crippen LogP contribution >= 0.6 is 0 Å². The third kappa shape index (κ3) is 2.67. The Morgan fingerprint density at radius 1 is 1.64 bits per heavy atom. The minimum Gasteiger partial charge on any atom is -0.481 e. The molecule has 81 valence electrons. The van der Waals surface area contributed by atoms with Crippen molar-refractivity contribution < 1.29 is 19.8 Å². The maximum atomic E-state index is 11.5. The number of hydroxylamine groups is 2. The van der Waals surface area contributed by atoms with Crippen LogP contribution in [0.25, 0.3) is 0 Å². The number of carbonyl (C=O) groups is 1. The quantitative estimate of drug-likeness (QED) is 0.739. The van der Waals surface area contributed by atoms with Gasteiger partial charge in [-0.3, -0.25) is 4.79 Å². The molecule has 1 saturated heterocycles. The zero-order chi connectivity index (χ0) is 10.8. The highest BCUT2D eigenvalue weighted by molar-refractivity contribution is 5.66. The summed E-state index contributed by atoms with van der Waals surface area (Å²) in [5.41, 5.74) is -0.478. The lowest BCUT2D eigenvalue weighted by molar-refractivity contribution is -0.242. The molecule has 1 unspecified atom stereocenters. The minimum absolute atomic E-state index is 0.0914. The van der Waals surface area contributed by atoms with Gasteiger partial charge < -0.3 is 9.84 Å². The fraction of sp³-hybridized carbons (Fsp3) is 0.889. The third-order valence-corrected chi connectivity index (χ3v) is 2.33. The van der Waals surface area contributed by atoms with Gasteiger partial charge in [0.2, 0.25) is 0 Å². The Bertz CT molecular complexity index is 217. The largest absolute Gasteiger partial charge is 0.481 e. The Morgan fingerprint density at radius 2 is 2.29 bits per heavy atom. The van der Waals surface area contributed by atoms with Crippen molar-refractivity contribution in [2.75, 3.05) is 6.61 Å². The smallest absolute Gasteiger partial charge is 0.303 e. The van der Waals surface area contributed by atoms with E-state index in [9.17, 15) is 10.0 Å². The zero-order valence-electron chi connectivity index (χ0n) is 8.52. The summed E-state index contributed by atoms with van der Waals surface area (Å²) < 4.78 is 5.28. The summed E-state index contributed by atoms with van der Waals surface area (Å²) in [5, 5.41) is 20.9. The van der Waals surface area contributed by atoms with E-state index in [1.54, 1.807) is 0 Å². The lowest BCUT2D eigenvalue weighted by atomic mass is 10.1. The molecule has 5 heteroatoms. The molecule has 14 heavy (non-hydrogen) atoms. The van der Waals surface area contributed by atoms with Crippen molar-refractivity contribution in [3.8, 4) is 0 Å². The fourth-order valence-corrected chi connectivity index (χ4v) is 1.45. The molecule has 1 aliphatic heterocycles. The van der Waals surface area contributed by atoms with Crippen molar-refractivity contribution in [3.63, 3.8) is 0 Å². The van der Waals surface area contributed by atoms with Crippen molar-refractivity contribution in [1.29, 1.82) is 0 Å². The number of carboxylic acids is 1. The second-order valence-electron chi connectivity index (χ2n) is 4.19. The molecule has 1 atom stereocenters. The van der Waals surface area contributed by atoms with E-state index in [4.69, 9.17) is 9.84 Å². The van der Waals surface area contributed by atoms with E-state index in [0.717, 1.165) is 5.06 Å². The van der Waals surface area contributed by atoms with E-state index in [1.807, 2.05) is 13.8 Å². The molecule has 1 aliphatic rings. The molecular weight excluding hydrogens is 186 g/mol. The second-order valence-corrected chi connectivity index (χ2v) is 4.19. The number of ether oxygens (including phenoxy) is 1. The van der Waals surface area contributed by atoms with Crippen LogP contribution in [-0.4, -0.2) is 34.5 Å². The normalized spacial score (nSPS) is 26.6. The number of nitrogens with zero attached hydrogens (tertiary/aromatic N) is 1. The zero-order valence-corrected chi connectivity index (χ0v) is 8.52. The Balaban J connectivity index is 2.30. The summed E-state index contributed by atoms with van der Waals surface area (Å²) in [7, 11) is 0. The summed E-state index contributed by atoms with van der Waals surface area (Å²) in [6, 6.07) is 0. The predicted molar refractivity (Wildman–Crippen MR) is 47.8 cm³/mol. The van der Waals surface area contributed by atoms with Gasteiger partial charge in [0.05, 0.1) is 12.1 Å². The van der Waals surface area contributed by atoms with Crippen LogP contribution in [-0.2, 0) is 14.7 Å². The monoisotopic (exact) mass is 202 g/mol. The molecule has 0 aromatic carbocycles. The average molecular weight is 202 g/mol. The number of hydrogen-bond donors (Lipinski definition) is 1. The first-order valence-corrected chi connectivity index (χ1v) is 4.73. The number of rotatable bonds is 4. The van der Waals surface area contributed by atoms with Gasteiger partial charge in [0, 0.05) is 6.42 Å². The average Bonchev–Trinajstić information content (AvgIpc) is 2.31. The van der Waals surface area contributed by atoms with Crippen LogP contribution in [0.3, 0.4) is 0 Å². The van der Waals surface area contributed by atoms with Crippen LogP contribution in [0, 0.1) is 0 Å². The van der Waals surface area contributed by atoms with Gasteiger partial charge in [-0.2, -0.15) is 0 Å². The maximum Gasteiger partial charge on any atom is 0.303 e. The highest BCUT2D eigenvalue weighted by Crippen LogP contribution is 2.27. The highest BCUT2D eigenvalue weighted by atomic mass is 16.6. The molecular formula is C9H16NO4. The van der Waals surface area contributed by atoms with Crippen LogP contribution in [0.15, 0.2) is 0 Å². The Labute approximate surface area is 83.2 Å². The maximum absolute atomic E-state index is 11.5. The Kier molecular flexibility index (Phi) is 3.47. The minimum atomic E-state index is -0.834. The van der Waals surface area contributed by atoms with Crippen LogP contribution in [0.1, 0.15) is 33.1 Å². The van der Waals surface area contributed by atoms with E-state index in [-0.39, 0.29) is 6.42 Å².